The van der Waals surface area contributed by atoms with Gasteiger partial charge in [0.05, 0.1) is 52.0 Å². The highest BCUT2D eigenvalue weighted by Gasteiger charge is 2.40. The van der Waals surface area contributed by atoms with E-state index in [1.807, 2.05) is 103 Å². The molecular weight excluding hydrogens is 1520 g/mol. The summed E-state index contributed by atoms with van der Waals surface area (Å²) >= 11 is 0. The van der Waals surface area contributed by atoms with Gasteiger partial charge in [-0.25, -0.2) is 33.7 Å². The first-order valence-corrected chi connectivity index (χ1v) is 40.9. The number of carbonyl (C=O) groups excluding carboxylic acids is 9. The summed E-state index contributed by atoms with van der Waals surface area (Å²) in [6.45, 7) is 27.2. The fourth-order valence-electron chi connectivity index (χ4n) is 18.3. The number of quaternary nitrogens is 1. The third kappa shape index (κ3) is 12.9. The third-order valence-corrected chi connectivity index (χ3v) is 24.2. The molecule has 2 amide bonds. The Hall–Kier alpha value is -14.4. The number of imide groups is 1. The molecule has 0 spiro atoms. The molecule has 602 valence electrons. The average Bonchev–Trinajstić information content (AvgIpc) is 0.699. The molecule has 0 saturated carbocycles. The molecule has 0 unspecified atom stereocenters. The lowest BCUT2D eigenvalue weighted by Gasteiger charge is -2.34. The first-order chi connectivity index (χ1) is 58.2. The summed E-state index contributed by atoms with van der Waals surface area (Å²) in [6.07, 6.45) is 0.396. The number of nitrogens with two attached hydrogens (primary N) is 1. The second-order valence-electron chi connectivity index (χ2n) is 36.0. The number of nitrogen functional groups attached to an aromatic ring is 1. The van der Waals surface area contributed by atoms with Crippen LogP contribution in [0, 0.1) is 0 Å². The zero-order valence-electron chi connectivity index (χ0n) is 69.7. The maximum atomic E-state index is 14.2. The van der Waals surface area contributed by atoms with E-state index in [9.17, 15) is 43.2 Å². The summed E-state index contributed by atoms with van der Waals surface area (Å²) < 4.78 is 19.6. The molecule has 4 aliphatic heterocycles. The molecule has 18 aromatic carbocycles. The number of ether oxygens (including phenoxy) is 4. The molecule has 0 aromatic heterocycles. The smallest absolute Gasteiger partial charge is 0.346 e. The van der Waals surface area contributed by atoms with Crippen LogP contribution in [-0.4, -0.2) is 60.1 Å². The maximum absolute atomic E-state index is 14.2. The SMILES string of the molecule is CC(C)(C)c1ccc(N)c(C(C)(C)C)c1.CC(C)(C)c1ccc(N2C(=O)c3ccc4c5cccc6cccc(c7ccc(c3c47)C2=O)c65)c(C(C)(C)C)c1.O=C1OC(=O)c2ccc3c4ccc5c6c(ccc(c7ccc1c2c73)c64)C(=O)OC5=O.O=C1OC(=O)c2ccc3c4cccc5cccc(c6ccc1c2c63)c54.[NH3+]CCC(=O)OCc1ccccc1. The molecular formula is C106H86N3O13+. The molecule has 16 heteroatoms. The van der Waals surface area contributed by atoms with E-state index >= 15 is 0 Å². The minimum absolute atomic E-state index is 0.0493. The zero-order chi connectivity index (χ0) is 85.8. The van der Waals surface area contributed by atoms with Crippen molar-refractivity contribution >= 4 is 194 Å². The van der Waals surface area contributed by atoms with Gasteiger partial charge >= 0.3 is 41.8 Å². The molecule has 5 N–H and O–H groups in total. The molecule has 0 atom stereocenters. The highest BCUT2D eigenvalue weighted by molar-refractivity contribution is 6.44. The van der Waals surface area contributed by atoms with E-state index in [4.69, 9.17) is 24.7 Å². The van der Waals surface area contributed by atoms with E-state index in [2.05, 4.69) is 186 Å². The molecule has 18 aromatic rings. The van der Waals surface area contributed by atoms with Gasteiger partial charge in [0.25, 0.3) is 11.8 Å². The molecule has 0 radical (unpaired) electrons. The number of fused-ring (bicyclic) bond motifs is 6. The monoisotopic (exact) mass is 1610 g/mol. The number of esters is 7. The minimum Gasteiger partial charge on any atom is -0.461 e. The normalized spacial score (nSPS) is 13.9. The van der Waals surface area contributed by atoms with Crippen molar-refractivity contribution in [1.29, 1.82) is 0 Å². The van der Waals surface area contributed by atoms with Crippen LogP contribution in [0.15, 0.2) is 237 Å². The van der Waals surface area contributed by atoms with E-state index in [0.29, 0.717) is 85.9 Å². The number of rotatable bonds is 5. The third-order valence-electron chi connectivity index (χ3n) is 24.2. The number of cyclic esters (lactones) is 6. The minimum atomic E-state index is -0.666. The Bertz CT molecular complexity index is 7180. The van der Waals surface area contributed by atoms with Gasteiger partial charge in [-0.2, -0.15) is 0 Å². The molecule has 0 bridgehead atoms. The molecule has 122 heavy (non-hydrogen) atoms. The van der Waals surface area contributed by atoms with Crippen LogP contribution in [0.3, 0.4) is 0 Å². The fraction of sp³-hybridized carbons (Fsp3) is 0.179. The van der Waals surface area contributed by atoms with Gasteiger partial charge in [-0.15, -0.1) is 0 Å². The van der Waals surface area contributed by atoms with E-state index in [0.717, 1.165) is 108 Å². The maximum Gasteiger partial charge on any atom is 0.346 e. The molecule has 0 saturated heterocycles. The van der Waals surface area contributed by atoms with Crippen molar-refractivity contribution in [2.75, 3.05) is 17.2 Å². The zero-order valence-corrected chi connectivity index (χ0v) is 69.7. The van der Waals surface area contributed by atoms with Crippen molar-refractivity contribution in [3.05, 3.63) is 309 Å². The van der Waals surface area contributed by atoms with E-state index in [1.165, 1.54) is 43.1 Å². The summed E-state index contributed by atoms with van der Waals surface area (Å²) in [5.41, 5.74) is 20.4. The molecule has 16 nitrogen and oxygen atoms in total. The first kappa shape index (κ1) is 78.8. The van der Waals surface area contributed by atoms with Crippen LogP contribution in [0.1, 0.15) is 200 Å². The van der Waals surface area contributed by atoms with E-state index < -0.39 is 35.8 Å². The Morgan fingerprint density at radius 2 is 0.615 bits per heavy atom. The number of carbonyl (C=O) groups is 9. The van der Waals surface area contributed by atoms with E-state index in [1.54, 1.807) is 36.4 Å². The quantitative estimate of drug-likeness (QED) is 0.0309. The van der Waals surface area contributed by atoms with Crippen molar-refractivity contribution in [3.8, 4) is 0 Å². The van der Waals surface area contributed by atoms with Crippen molar-refractivity contribution in [2.45, 2.75) is 118 Å². The molecule has 0 fully saturated rings. The second kappa shape index (κ2) is 29.0. The molecule has 4 heterocycles. The van der Waals surface area contributed by atoms with Crippen LogP contribution >= 0.6 is 0 Å². The highest BCUT2D eigenvalue weighted by Crippen LogP contribution is 2.50. The summed E-state index contributed by atoms with van der Waals surface area (Å²) in [4.78, 5) is 115. The molecule has 22 rings (SSSR count). The van der Waals surface area contributed by atoms with Crippen molar-refractivity contribution in [3.63, 3.8) is 0 Å². The van der Waals surface area contributed by atoms with Crippen molar-refractivity contribution in [1.82, 2.24) is 0 Å². The van der Waals surface area contributed by atoms with Crippen LogP contribution < -0.4 is 16.4 Å². The van der Waals surface area contributed by atoms with Gasteiger partial charge in [-0.1, -0.05) is 259 Å². The number of nitrogens with zero attached hydrogens (tertiary/aromatic N) is 1. The number of benzene rings is 18. The fourth-order valence-corrected chi connectivity index (χ4v) is 18.3. The second-order valence-corrected chi connectivity index (χ2v) is 36.0. The Morgan fingerprint density at radius 3 is 0.926 bits per heavy atom. The highest BCUT2D eigenvalue weighted by atomic mass is 16.6. The van der Waals surface area contributed by atoms with Gasteiger partial charge in [-0.3, -0.25) is 14.4 Å². The van der Waals surface area contributed by atoms with Gasteiger partial charge in [-0.05, 0) is 218 Å². The van der Waals surface area contributed by atoms with Gasteiger partial charge in [0.2, 0.25) is 0 Å². The first-order valence-electron chi connectivity index (χ1n) is 40.9. The lowest BCUT2D eigenvalue weighted by Crippen LogP contribution is -2.51. The van der Waals surface area contributed by atoms with Crippen molar-refractivity contribution < 1.29 is 67.8 Å². The summed E-state index contributed by atoms with van der Waals surface area (Å²) in [6, 6.07) is 76.7. The van der Waals surface area contributed by atoms with Gasteiger partial charge in [0, 0.05) is 38.4 Å². The number of anilines is 2. The lowest BCUT2D eigenvalue weighted by atomic mass is 9.79. The van der Waals surface area contributed by atoms with Gasteiger partial charge < -0.3 is 30.4 Å². The summed E-state index contributed by atoms with van der Waals surface area (Å²) in [5, 5.41) is 23.1. The molecule has 0 aliphatic carbocycles. The van der Waals surface area contributed by atoms with Crippen LogP contribution in [-0.2, 0) is 52.0 Å². The van der Waals surface area contributed by atoms with Crippen molar-refractivity contribution in [2.24, 2.45) is 0 Å². The van der Waals surface area contributed by atoms with Crippen LogP contribution in [0.4, 0.5) is 11.4 Å². The predicted octanol–water partition coefficient (Wildman–Crippen LogP) is 22.8. The van der Waals surface area contributed by atoms with Crippen LogP contribution in [0.5, 0.6) is 0 Å². The summed E-state index contributed by atoms with van der Waals surface area (Å²) in [5.74, 6) is -4.51. The Balaban J connectivity index is 0.000000110. The number of hydrogen-bond donors (Lipinski definition) is 2. The van der Waals surface area contributed by atoms with Crippen LogP contribution in [0.2, 0.25) is 0 Å². The topological polar surface area (TPSA) is 247 Å². The molecule has 4 aliphatic rings. The Kier molecular flexibility index (Phi) is 18.7. The van der Waals surface area contributed by atoms with Crippen LogP contribution in [0.25, 0.3) is 129 Å². The standard InChI is InChI=1S/C36H31NO2.C24H8O6.C22H10O3.C14H23N.C10H13NO2/c1-35(2,3)21-13-18-29(28(19-21)36(4,5)6)37-33(38)26-16-14-24-22-11-7-9-20-10-8-12-23(30(20)22)25-15-17-27(34(37)39)32(26)31(24)25;25-21-13-5-1-9-10-2-6-15-20-16(24(28)30-23(15)27)8-4-12(18(10)20)11-3-7-14(22(26)29-21)19(13)17(9)11;23-21-16-9-7-14-12-5-1-3-11-4-2-6-13(18(11)12)15-8-10-17(22(24)25-21)20(16)19(14)15;1-13(2,3)10-7-8-12(15)11(9-10)14(4,5)6;11-7-6-10(12)13-8-9-4-2-1-3-5-9/h7-19H,1-6H3;1-8H;1-10H;7-9H,15H2,1-6H3;1-5H,6-8,11H2/p+1. The largest absolute Gasteiger partial charge is 0.461 e. The Morgan fingerprint density at radius 1 is 0.320 bits per heavy atom. The number of amides is 2. The van der Waals surface area contributed by atoms with Gasteiger partial charge in [0.1, 0.15) is 6.61 Å². The van der Waals surface area contributed by atoms with E-state index in [-0.39, 0.29) is 39.4 Å². The number of hydrogen-bond acceptors (Lipinski definition) is 14. The van der Waals surface area contributed by atoms with Gasteiger partial charge in [0.15, 0.2) is 0 Å². The average molecular weight is 1610 g/mol. The summed E-state index contributed by atoms with van der Waals surface area (Å²) in [7, 11) is 0. The Labute approximate surface area is 701 Å². The lowest BCUT2D eigenvalue weighted by molar-refractivity contribution is -0.366. The predicted molar refractivity (Wildman–Crippen MR) is 484 cm³/mol.